The molecule has 0 fully saturated rings. The number of furan rings is 1. The van der Waals surface area contributed by atoms with Gasteiger partial charge < -0.3 is 8.98 Å². The quantitative estimate of drug-likeness (QED) is 0.779. The van der Waals surface area contributed by atoms with Crippen LogP contribution in [0.3, 0.4) is 0 Å². The standard InChI is InChI=1S/C17H19N3O/c1-13(14-7-4-3-5-8-14)19-16(15-9-6-12-21-15)17-18-10-11-20(17)2/h3-13,16,19H,1-2H3. The summed E-state index contributed by atoms with van der Waals surface area (Å²) in [5, 5.41) is 3.60. The average Bonchev–Trinajstić information content (AvgIpc) is 3.17. The third kappa shape index (κ3) is 2.90. The second-order valence-electron chi connectivity index (χ2n) is 5.14. The van der Waals surface area contributed by atoms with Crippen LogP contribution < -0.4 is 5.32 Å². The van der Waals surface area contributed by atoms with Gasteiger partial charge in [-0.15, -0.1) is 0 Å². The topological polar surface area (TPSA) is 43.0 Å². The highest BCUT2D eigenvalue weighted by Gasteiger charge is 2.23. The molecule has 0 aliphatic heterocycles. The van der Waals surface area contributed by atoms with Crippen molar-refractivity contribution < 1.29 is 4.42 Å². The summed E-state index contributed by atoms with van der Waals surface area (Å²) in [6.07, 6.45) is 5.44. The fraction of sp³-hybridized carbons (Fsp3) is 0.235. The molecule has 0 aliphatic carbocycles. The molecule has 4 heteroatoms. The molecule has 2 aromatic heterocycles. The summed E-state index contributed by atoms with van der Waals surface area (Å²) >= 11 is 0. The number of aromatic nitrogens is 2. The molecule has 2 unspecified atom stereocenters. The lowest BCUT2D eigenvalue weighted by molar-refractivity contribution is 0.403. The van der Waals surface area contributed by atoms with Crippen molar-refractivity contribution in [3.8, 4) is 0 Å². The van der Waals surface area contributed by atoms with Crippen LogP contribution in [0.25, 0.3) is 0 Å². The van der Waals surface area contributed by atoms with Crippen LogP contribution in [0.4, 0.5) is 0 Å². The second kappa shape index (κ2) is 5.97. The van der Waals surface area contributed by atoms with Crippen molar-refractivity contribution in [2.45, 2.75) is 19.0 Å². The summed E-state index contributed by atoms with van der Waals surface area (Å²) < 4.78 is 7.61. The van der Waals surface area contributed by atoms with Gasteiger partial charge in [0.25, 0.3) is 0 Å². The molecular weight excluding hydrogens is 262 g/mol. The van der Waals surface area contributed by atoms with E-state index >= 15 is 0 Å². The molecule has 4 nitrogen and oxygen atoms in total. The van der Waals surface area contributed by atoms with E-state index in [1.165, 1.54) is 5.56 Å². The van der Waals surface area contributed by atoms with Gasteiger partial charge in [0.15, 0.2) is 0 Å². The molecule has 21 heavy (non-hydrogen) atoms. The van der Waals surface area contributed by atoms with Crippen LogP contribution in [-0.4, -0.2) is 9.55 Å². The maximum Gasteiger partial charge on any atom is 0.133 e. The molecule has 0 amide bonds. The highest BCUT2D eigenvalue weighted by atomic mass is 16.3. The number of aryl methyl sites for hydroxylation is 1. The fourth-order valence-corrected chi connectivity index (χ4v) is 2.48. The van der Waals surface area contributed by atoms with Crippen molar-refractivity contribution in [3.05, 3.63) is 78.3 Å². The summed E-state index contributed by atoms with van der Waals surface area (Å²) in [4.78, 5) is 4.46. The third-order valence-electron chi connectivity index (χ3n) is 3.66. The van der Waals surface area contributed by atoms with Crippen molar-refractivity contribution in [2.75, 3.05) is 0 Å². The third-order valence-corrected chi connectivity index (χ3v) is 3.66. The van der Waals surface area contributed by atoms with Crippen molar-refractivity contribution >= 4 is 0 Å². The van der Waals surface area contributed by atoms with E-state index in [1.54, 1.807) is 12.5 Å². The lowest BCUT2D eigenvalue weighted by atomic mass is 10.1. The number of benzene rings is 1. The van der Waals surface area contributed by atoms with Crippen molar-refractivity contribution in [1.29, 1.82) is 0 Å². The Morgan fingerprint density at radius 1 is 1.14 bits per heavy atom. The summed E-state index contributed by atoms with van der Waals surface area (Å²) in [6.45, 7) is 2.15. The van der Waals surface area contributed by atoms with E-state index in [9.17, 15) is 0 Å². The van der Waals surface area contributed by atoms with Gasteiger partial charge in [0, 0.05) is 25.5 Å². The van der Waals surface area contributed by atoms with E-state index in [4.69, 9.17) is 4.42 Å². The Hall–Kier alpha value is -2.33. The minimum absolute atomic E-state index is 0.0739. The van der Waals surface area contributed by atoms with Crippen molar-refractivity contribution in [1.82, 2.24) is 14.9 Å². The maximum atomic E-state index is 5.60. The summed E-state index contributed by atoms with van der Waals surface area (Å²) in [5.41, 5.74) is 1.24. The number of hydrogen-bond donors (Lipinski definition) is 1. The van der Waals surface area contributed by atoms with E-state index in [0.717, 1.165) is 11.6 Å². The number of nitrogens with one attached hydrogen (secondary N) is 1. The molecular formula is C17H19N3O. The van der Waals surface area contributed by atoms with Crippen LogP contribution in [0.5, 0.6) is 0 Å². The average molecular weight is 281 g/mol. The predicted molar refractivity (Wildman–Crippen MR) is 81.8 cm³/mol. The largest absolute Gasteiger partial charge is 0.467 e. The number of nitrogens with zero attached hydrogens (tertiary/aromatic N) is 2. The van der Waals surface area contributed by atoms with Crippen LogP contribution >= 0.6 is 0 Å². The Morgan fingerprint density at radius 2 is 1.95 bits per heavy atom. The number of hydrogen-bond acceptors (Lipinski definition) is 3. The first kappa shape index (κ1) is 13.6. The summed E-state index contributed by atoms with van der Waals surface area (Å²) in [6, 6.07) is 14.4. The molecule has 0 aliphatic rings. The zero-order chi connectivity index (χ0) is 14.7. The zero-order valence-corrected chi connectivity index (χ0v) is 12.2. The number of rotatable bonds is 5. The van der Waals surface area contributed by atoms with Crippen LogP contribution in [0.15, 0.2) is 65.5 Å². The monoisotopic (exact) mass is 281 g/mol. The summed E-state index contributed by atoms with van der Waals surface area (Å²) in [7, 11) is 1.99. The highest BCUT2D eigenvalue weighted by molar-refractivity contribution is 5.21. The molecule has 0 saturated heterocycles. The molecule has 0 spiro atoms. The fourth-order valence-electron chi connectivity index (χ4n) is 2.48. The van der Waals surface area contributed by atoms with Gasteiger partial charge in [-0.2, -0.15) is 0 Å². The Kier molecular flexibility index (Phi) is 3.88. The first-order valence-electron chi connectivity index (χ1n) is 7.07. The number of imidazole rings is 1. The Balaban J connectivity index is 1.89. The molecule has 1 N–H and O–H groups in total. The summed E-state index contributed by atoms with van der Waals surface area (Å²) in [5.74, 6) is 1.81. The molecule has 2 atom stereocenters. The van der Waals surface area contributed by atoms with Gasteiger partial charge in [-0.1, -0.05) is 30.3 Å². The molecule has 0 bridgehead atoms. The smallest absolute Gasteiger partial charge is 0.133 e. The van der Waals surface area contributed by atoms with E-state index in [1.807, 2.05) is 36.0 Å². The Bertz CT molecular complexity index is 673. The van der Waals surface area contributed by atoms with E-state index in [0.29, 0.717) is 0 Å². The van der Waals surface area contributed by atoms with Crippen LogP contribution in [-0.2, 0) is 7.05 Å². The minimum atomic E-state index is -0.0739. The molecule has 1 aromatic carbocycles. The second-order valence-corrected chi connectivity index (χ2v) is 5.14. The SMILES string of the molecule is CC(NC(c1ccco1)c1nccn1C)c1ccccc1. The maximum absolute atomic E-state index is 5.60. The normalized spacial score (nSPS) is 14.0. The van der Waals surface area contributed by atoms with Gasteiger partial charge in [-0.25, -0.2) is 4.98 Å². The Morgan fingerprint density at radius 3 is 2.57 bits per heavy atom. The molecule has 108 valence electrons. The van der Waals surface area contributed by atoms with Crippen LogP contribution in [0, 0.1) is 0 Å². The lowest BCUT2D eigenvalue weighted by Crippen LogP contribution is -2.27. The zero-order valence-electron chi connectivity index (χ0n) is 12.2. The minimum Gasteiger partial charge on any atom is -0.467 e. The van der Waals surface area contributed by atoms with Gasteiger partial charge in [0.05, 0.1) is 6.26 Å². The van der Waals surface area contributed by atoms with E-state index in [2.05, 4.69) is 41.5 Å². The molecule has 2 heterocycles. The lowest BCUT2D eigenvalue weighted by Gasteiger charge is -2.22. The first-order valence-corrected chi connectivity index (χ1v) is 7.07. The molecule has 0 saturated carbocycles. The van der Waals surface area contributed by atoms with E-state index < -0.39 is 0 Å². The van der Waals surface area contributed by atoms with Crippen LogP contribution in [0.2, 0.25) is 0 Å². The van der Waals surface area contributed by atoms with Gasteiger partial charge in [0.2, 0.25) is 0 Å². The Labute approximate surface area is 124 Å². The first-order chi connectivity index (χ1) is 10.3. The van der Waals surface area contributed by atoms with Crippen LogP contribution in [0.1, 0.15) is 36.2 Å². The predicted octanol–water partition coefficient (Wildman–Crippen LogP) is 3.45. The molecule has 3 rings (SSSR count). The van der Waals surface area contributed by atoms with Crippen molar-refractivity contribution in [3.63, 3.8) is 0 Å². The van der Waals surface area contributed by atoms with Gasteiger partial charge in [-0.05, 0) is 24.6 Å². The highest BCUT2D eigenvalue weighted by Crippen LogP contribution is 2.25. The molecule has 3 aromatic rings. The molecule has 0 radical (unpaired) electrons. The van der Waals surface area contributed by atoms with Crippen molar-refractivity contribution in [2.24, 2.45) is 7.05 Å². The van der Waals surface area contributed by atoms with Gasteiger partial charge in [0.1, 0.15) is 17.6 Å². The van der Waals surface area contributed by atoms with E-state index in [-0.39, 0.29) is 12.1 Å². The van der Waals surface area contributed by atoms with Gasteiger partial charge in [-0.3, -0.25) is 5.32 Å². The van der Waals surface area contributed by atoms with Gasteiger partial charge >= 0.3 is 0 Å².